The second kappa shape index (κ2) is 4.75. The number of aliphatic carboxylic acids is 1. The van der Waals surface area contributed by atoms with Gasteiger partial charge in [0, 0.05) is 13.1 Å². The molecule has 4 heteroatoms. The molecule has 4 nitrogen and oxygen atoms in total. The molecule has 1 aliphatic heterocycles. The van der Waals surface area contributed by atoms with Gasteiger partial charge in [0.25, 0.3) is 0 Å². The van der Waals surface area contributed by atoms with E-state index in [0.717, 1.165) is 13.0 Å². The number of likely N-dealkylation sites (tertiary alicyclic amines) is 1. The Morgan fingerprint density at radius 2 is 2.29 bits per heavy atom. The zero-order valence-electron chi connectivity index (χ0n) is 8.81. The van der Waals surface area contributed by atoms with Crippen LogP contribution < -0.4 is 0 Å². The van der Waals surface area contributed by atoms with Crippen molar-refractivity contribution in [3.05, 3.63) is 0 Å². The van der Waals surface area contributed by atoms with Crippen LogP contribution in [0.2, 0.25) is 0 Å². The van der Waals surface area contributed by atoms with Crippen LogP contribution in [0, 0.1) is 11.8 Å². The lowest BCUT2D eigenvalue weighted by molar-refractivity contribution is -0.142. The molecule has 1 aliphatic rings. The highest BCUT2D eigenvalue weighted by Crippen LogP contribution is 2.17. The highest BCUT2D eigenvalue weighted by atomic mass is 16.4. The molecule has 2 N–H and O–H groups in total. The van der Waals surface area contributed by atoms with Crippen LogP contribution in [0.4, 0.5) is 0 Å². The monoisotopic (exact) mass is 201 g/mol. The number of hydrogen-bond acceptors (Lipinski definition) is 3. The minimum Gasteiger partial charge on any atom is -0.481 e. The molecule has 1 rings (SSSR count). The van der Waals surface area contributed by atoms with Gasteiger partial charge in [-0.1, -0.05) is 13.8 Å². The Balaban J connectivity index is 2.36. The number of carboxylic acid groups (broad SMARTS) is 1. The summed E-state index contributed by atoms with van der Waals surface area (Å²) in [6, 6.07) is 0. The normalized spacial score (nSPS) is 31.4. The van der Waals surface area contributed by atoms with E-state index in [1.807, 2.05) is 11.8 Å². The number of rotatable bonds is 3. The zero-order valence-corrected chi connectivity index (χ0v) is 8.81. The summed E-state index contributed by atoms with van der Waals surface area (Å²) in [6.45, 7) is 5.78. The van der Waals surface area contributed by atoms with Crippen LogP contribution in [0.25, 0.3) is 0 Å². The van der Waals surface area contributed by atoms with Gasteiger partial charge in [-0.05, 0) is 18.9 Å². The molecule has 14 heavy (non-hydrogen) atoms. The molecule has 1 fully saturated rings. The zero-order chi connectivity index (χ0) is 10.7. The fourth-order valence-electron chi connectivity index (χ4n) is 1.75. The smallest absolute Gasteiger partial charge is 0.307 e. The predicted molar refractivity (Wildman–Crippen MR) is 53.0 cm³/mol. The van der Waals surface area contributed by atoms with Crippen LogP contribution in [0.3, 0.4) is 0 Å². The van der Waals surface area contributed by atoms with Crippen LogP contribution in [0.15, 0.2) is 0 Å². The molecule has 0 saturated carbocycles. The van der Waals surface area contributed by atoms with E-state index in [-0.39, 0.29) is 12.0 Å². The second-order valence-corrected chi connectivity index (χ2v) is 4.33. The molecular formula is C10H19NO3. The maximum atomic E-state index is 10.6. The van der Waals surface area contributed by atoms with Crippen molar-refractivity contribution in [2.75, 3.05) is 19.6 Å². The van der Waals surface area contributed by atoms with E-state index < -0.39 is 5.97 Å². The van der Waals surface area contributed by atoms with Gasteiger partial charge in [0.15, 0.2) is 0 Å². The van der Waals surface area contributed by atoms with E-state index in [4.69, 9.17) is 5.11 Å². The Kier molecular flexibility index (Phi) is 3.89. The number of aliphatic hydroxyl groups excluding tert-OH is 1. The van der Waals surface area contributed by atoms with Gasteiger partial charge in [0.05, 0.1) is 12.0 Å². The number of hydrogen-bond donors (Lipinski definition) is 2. The molecular weight excluding hydrogens is 182 g/mol. The first-order valence-corrected chi connectivity index (χ1v) is 5.14. The molecule has 1 heterocycles. The first kappa shape index (κ1) is 11.5. The van der Waals surface area contributed by atoms with Crippen molar-refractivity contribution in [3.8, 4) is 0 Å². The van der Waals surface area contributed by atoms with Gasteiger partial charge in [-0.3, -0.25) is 9.69 Å². The summed E-state index contributed by atoms with van der Waals surface area (Å²) in [6.07, 6.45) is 0.651. The molecule has 0 amide bonds. The van der Waals surface area contributed by atoms with Crippen LogP contribution in [0.1, 0.15) is 20.3 Å². The molecule has 0 aromatic rings. The minimum absolute atomic E-state index is 0.301. The standard InChI is InChI=1S/C10H19NO3/c1-7-3-4-11(6-9(7)12)5-8(2)10(13)14/h7-9,12H,3-6H2,1-2H3,(H,13,14). The Morgan fingerprint density at radius 3 is 2.79 bits per heavy atom. The van der Waals surface area contributed by atoms with Crippen LogP contribution in [0.5, 0.6) is 0 Å². The summed E-state index contributed by atoms with van der Waals surface area (Å²) in [5.74, 6) is -0.778. The third kappa shape index (κ3) is 2.96. The number of nitrogens with zero attached hydrogens (tertiary/aromatic N) is 1. The average Bonchev–Trinajstić information content (AvgIpc) is 2.11. The largest absolute Gasteiger partial charge is 0.481 e. The van der Waals surface area contributed by atoms with E-state index in [1.54, 1.807) is 6.92 Å². The fraction of sp³-hybridized carbons (Fsp3) is 0.900. The molecule has 1 saturated heterocycles. The minimum atomic E-state index is -0.766. The van der Waals surface area contributed by atoms with Crippen LogP contribution in [-0.4, -0.2) is 46.8 Å². The Labute approximate surface area is 84.5 Å². The van der Waals surface area contributed by atoms with Crippen molar-refractivity contribution >= 4 is 5.97 Å². The van der Waals surface area contributed by atoms with E-state index in [9.17, 15) is 9.90 Å². The highest BCUT2D eigenvalue weighted by molar-refractivity contribution is 5.69. The number of β-amino-alcohol motifs (C(OH)–C–C–N with tert-alkyl or cyclic N) is 1. The van der Waals surface area contributed by atoms with Gasteiger partial charge < -0.3 is 10.2 Å². The fourth-order valence-corrected chi connectivity index (χ4v) is 1.75. The van der Waals surface area contributed by atoms with Gasteiger partial charge in [-0.2, -0.15) is 0 Å². The first-order valence-electron chi connectivity index (χ1n) is 5.14. The number of piperidine rings is 1. The summed E-state index contributed by atoms with van der Waals surface area (Å²) in [5, 5.41) is 18.4. The molecule has 0 bridgehead atoms. The molecule has 0 radical (unpaired) electrons. The van der Waals surface area contributed by atoms with E-state index in [2.05, 4.69) is 0 Å². The van der Waals surface area contributed by atoms with Crippen molar-refractivity contribution in [2.45, 2.75) is 26.4 Å². The quantitative estimate of drug-likeness (QED) is 0.694. The van der Waals surface area contributed by atoms with E-state index >= 15 is 0 Å². The third-order valence-electron chi connectivity index (χ3n) is 2.96. The maximum absolute atomic E-state index is 10.6. The number of carbonyl (C=O) groups is 1. The van der Waals surface area contributed by atoms with Crippen LogP contribution in [-0.2, 0) is 4.79 Å². The predicted octanol–water partition coefficient (Wildman–Crippen LogP) is 0.410. The first-order chi connectivity index (χ1) is 6.50. The van der Waals surface area contributed by atoms with Gasteiger partial charge in [-0.15, -0.1) is 0 Å². The second-order valence-electron chi connectivity index (χ2n) is 4.33. The van der Waals surface area contributed by atoms with Gasteiger partial charge >= 0.3 is 5.97 Å². The summed E-state index contributed by atoms with van der Waals surface area (Å²) < 4.78 is 0. The lowest BCUT2D eigenvalue weighted by Gasteiger charge is -2.34. The Bertz CT molecular complexity index is 208. The molecule has 0 spiro atoms. The third-order valence-corrected chi connectivity index (χ3v) is 2.96. The summed E-state index contributed by atoms with van der Waals surface area (Å²) in [4.78, 5) is 12.7. The molecule has 82 valence electrons. The highest BCUT2D eigenvalue weighted by Gasteiger charge is 2.26. The van der Waals surface area contributed by atoms with Crippen LogP contribution >= 0.6 is 0 Å². The summed E-state index contributed by atoms with van der Waals surface area (Å²) in [5.41, 5.74) is 0. The molecule has 3 unspecified atom stereocenters. The number of aliphatic hydroxyl groups is 1. The molecule has 0 aliphatic carbocycles. The lowest BCUT2D eigenvalue weighted by Crippen LogP contribution is -2.45. The van der Waals surface area contributed by atoms with E-state index in [1.165, 1.54) is 0 Å². The summed E-state index contributed by atoms with van der Waals surface area (Å²) >= 11 is 0. The van der Waals surface area contributed by atoms with Gasteiger partial charge in [-0.25, -0.2) is 0 Å². The van der Waals surface area contributed by atoms with Crippen molar-refractivity contribution in [1.29, 1.82) is 0 Å². The van der Waals surface area contributed by atoms with E-state index in [0.29, 0.717) is 19.0 Å². The topological polar surface area (TPSA) is 60.8 Å². The number of carboxylic acids is 1. The summed E-state index contributed by atoms with van der Waals surface area (Å²) in [7, 11) is 0. The van der Waals surface area contributed by atoms with Crippen molar-refractivity contribution < 1.29 is 15.0 Å². The van der Waals surface area contributed by atoms with Crippen molar-refractivity contribution in [1.82, 2.24) is 4.90 Å². The maximum Gasteiger partial charge on any atom is 0.307 e. The van der Waals surface area contributed by atoms with Gasteiger partial charge in [0.1, 0.15) is 0 Å². The molecule has 0 aromatic heterocycles. The molecule has 0 aromatic carbocycles. The molecule has 3 atom stereocenters. The van der Waals surface area contributed by atoms with Crippen molar-refractivity contribution in [3.63, 3.8) is 0 Å². The SMILES string of the molecule is CC(CN1CCC(C)C(O)C1)C(=O)O. The Morgan fingerprint density at radius 1 is 1.64 bits per heavy atom. The lowest BCUT2D eigenvalue weighted by atomic mass is 9.95. The Hall–Kier alpha value is -0.610. The van der Waals surface area contributed by atoms with Gasteiger partial charge in [0.2, 0.25) is 0 Å². The average molecular weight is 201 g/mol. The van der Waals surface area contributed by atoms with Crippen molar-refractivity contribution in [2.24, 2.45) is 11.8 Å².